The normalized spacial score (nSPS) is 17.2. The van der Waals surface area contributed by atoms with Gasteiger partial charge in [0.05, 0.1) is 5.57 Å². The predicted octanol–water partition coefficient (Wildman–Crippen LogP) is 1.88. The van der Waals surface area contributed by atoms with Crippen LogP contribution in [0.5, 0.6) is 0 Å². The molecule has 2 aliphatic heterocycles. The highest BCUT2D eigenvalue weighted by Gasteiger charge is 2.27. The summed E-state index contributed by atoms with van der Waals surface area (Å²) in [4.78, 5) is 32.8. The minimum absolute atomic E-state index is 0.178. The van der Waals surface area contributed by atoms with Crippen LogP contribution in [0.15, 0.2) is 62.8 Å². The zero-order valence-electron chi connectivity index (χ0n) is 14.0. The van der Waals surface area contributed by atoms with E-state index in [1.807, 2.05) is 53.4 Å². The molecule has 0 aliphatic carbocycles. The van der Waals surface area contributed by atoms with Crippen LogP contribution in [0.2, 0.25) is 0 Å². The Labute approximate surface area is 166 Å². The molecule has 0 saturated carbocycles. The average molecular weight is 441 g/mol. The molecule has 0 saturated heterocycles. The van der Waals surface area contributed by atoms with Gasteiger partial charge in [-0.3, -0.25) is 14.2 Å². The lowest BCUT2D eigenvalue weighted by Crippen LogP contribution is -2.43. The third kappa shape index (κ3) is 2.64. The molecule has 134 valence electrons. The van der Waals surface area contributed by atoms with E-state index in [0.717, 1.165) is 21.4 Å². The van der Waals surface area contributed by atoms with Crippen LogP contribution in [-0.4, -0.2) is 17.1 Å². The lowest BCUT2D eigenvalue weighted by Gasteiger charge is -2.25. The minimum Gasteiger partial charge on any atom is -0.334 e. The number of benzene rings is 2. The molecule has 0 radical (unpaired) electrons. The van der Waals surface area contributed by atoms with E-state index >= 15 is 0 Å². The van der Waals surface area contributed by atoms with Gasteiger partial charge < -0.3 is 10.2 Å². The number of thiazole rings is 1. The fraction of sp³-hybridized carbons (Fsp3) is 0.105. The van der Waals surface area contributed by atoms with E-state index in [0.29, 0.717) is 28.2 Å². The summed E-state index contributed by atoms with van der Waals surface area (Å²) in [6, 6.07) is 15.3. The maximum absolute atomic E-state index is 13.1. The molecule has 1 amide bonds. The smallest absolute Gasteiger partial charge is 0.272 e. The summed E-state index contributed by atoms with van der Waals surface area (Å²) < 4.78 is 3.07. The van der Waals surface area contributed by atoms with E-state index < -0.39 is 0 Å². The monoisotopic (exact) mass is 440 g/mol. The number of hydrogen-bond donors (Lipinski definition) is 1. The lowest BCUT2D eigenvalue weighted by molar-refractivity contribution is -0.110. The highest BCUT2D eigenvalue weighted by Crippen LogP contribution is 2.29. The number of amides is 1. The summed E-state index contributed by atoms with van der Waals surface area (Å²) in [5.74, 6) is -0.239. The Kier molecular flexibility index (Phi) is 3.76. The third-order valence-electron chi connectivity index (χ3n) is 4.64. The molecule has 1 aromatic heterocycles. The van der Waals surface area contributed by atoms with Crippen molar-refractivity contribution in [3.05, 3.63) is 78.3 Å². The number of halogens is 1. The van der Waals surface area contributed by atoms with E-state index in [4.69, 9.17) is 0 Å². The van der Waals surface area contributed by atoms with Gasteiger partial charge >= 0.3 is 0 Å². The molecule has 8 heteroatoms. The fourth-order valence-corrected chi connectivity index (χ4v) is 4.64. The van der Waals surface area contributed by atoms with Crippen molar-refractivity contribution >= 4 is 50.1 Å². The summed E-state index contributed by atoms with van der Waals surface area (Å²) in [5.41, 5.74) is 2.75. The average Bonchev–Trinajstić information content (AvgIpc) is 3.18. The van der Waals surface area contributed by atoms with Crippen LogP contribution < -0.4 is 25.1 Å². The van der Waals surface area contributed by atoms with Gasteiger partial charge in [0.15, 0.2) is 4.80 Å². The van der Waals surface area contributed by atoms with E-state index in [1.54, 1.807) is 4.57 Å². The summed E-state index contributed by atoms with van der Waals surface area (Å²) >= 11 is 4.71. The van der Waals surface area contributed by atoms with Gasteiger partial charge in [0.1, 0.15) is 17.9 Å². The van der Waals surface area contributed by atoms with Crippen LogP contribution in [0.3, 0.4) is 0 Å². The number of hydrogen-bond acceptors (Lipinski definition) is 5. The first-order chi connectivity index (χ1) is 13.1. The van der Waals surface area contributed by atoms with Crippen LogP contribution >= 0.6 is 27.3 Å². The standard InChI is InChI=1S/C19H13BrN4O2S/c20-11-5-7-12(8-6-11)23-9-21-19-24(10-23)18(26)16(27-19)15-13-3-1-2-4-14(13)22-17(15)25/h1-8H,9-10H2,(H,22,25). The zero-order chi connectivity index (χ0) is 18.5. The van der Waals surface area contributed by atoms with Gasteiger partial charge in [-0.25, -0.2) is 4.99 Å². The van der Waals surface area contributed by atoms with Gasteiger partial charge in [-0.05, 0) is 30.3 Å². The molecule has 27 heavy (non-hydrogen) atoms. The first-order valence-corrected chi connectivity index (χ1v) is 9.92. The summed E-state index contributed by atoms with van der Waals surface area (Å²) in [5, 5.41) is 2.83. The van der Waals surface area contributed by atoms with Crippen molar-refractivity contribution in [1.82, 2.24) is 4.57 Å². The molecule has 0 fully saturated rings. The van der Waals surface area contributed by atoms with E-state index in [9.17, 15) is 9.59 Å². The Balaban J connectivity index is 1.64. The number of para-hydroxylation sites is 1. The first-order valence-electron chi connectivity index (χ1n) is 8.31. The molecule has 0 spiro atoms. The third-order valence-corrected chi connectivity index (χ3v) is 6.29. The van der Waals surface area contributed by atoms with Crippen LogP contribution in [0, 0.1) is 0 Å². The molecule has 1 N–H and O–H groups in total. The van der Waals surface area contributed by atoms with Crippen molar-refractivity contribution < 1.29 is 4.79 Å². The summed E-state index contributed by atoms with van der Waals surface area (Å²) in [6.45, 7) is 0.880. The van der Waals surface area contributed by atoms with Crippen molar-refractivity contribution in [3.8, 4) is 0 Å². The van der Waals surface area contributed by atoms with Gasteiger partial charge in [0.2, 0.25) is 0 Å². The highest BCUT2D eigenvalue weighted by atomic mass is 79.9. The Morgan fingerprint density at radius 3 is 2.67 bits per heavy atom. The molecule has 2 aliphatic rings. The maximum atomic E-state index is 13.1. The Bertz CT molecular complexity index is 1260. The number of nitrogens with one attached hydrogen (secondary N) is 1. The largest absolute Gasteiger partial charge is 0.334 e. The van der Waals surface area contributed by atoms with Crippen molar-refractivity contribution in [2.45, 2.75) is 6.67 Å². The molecule has 0 atom stereocenters. The van der Waals surface area contributed by atoms with Crippen LogP contribution in [0.4, 0.5) is 11.4 Å². The molecule has 0 bridgehead atoms. The Hall–Kier alpha value is -2.71. The SMILES string of the molecule is O=C1Nc2ccccc2C1=c1sc2n(c1=O)CN(c1ccc(Br)cc1)CN=2. The van der Waals surface area contributed by atoms with Gasteiger partial charge in [-0.2, -0.15) is 0 Å². The molecule has 2 aromatic carbocycles. The van der Waals surface area contributed by atoms with Crippen LogP contribution in [0.25, 0.3) is 5.57 Å². The van der Waals surface area contributed by atoms with Gasteiger partial charge in [0.25, 0.3) is 11.5 Å². The predicted molar refractivity (Wildman–Crippen MR) is 108 cm³/mol. The second kappa shape index (κ2) is 6.17. The van der Waals surface area contributed by atoms with Crippen LogP contribution in [0.1, 0.15) is 5.56 Å². The van der Waals surface area contributed by atoms with E-state index in [1.165, 1.54) is 11.3 Å². The topological polar surface area (TPSA) is 66.7 Å². The van der Waals surface area contributed by atoms with Gasteiger partial charge in [-0.1, -0.05) is 45.5 Å². The quantitative estimate of drug-likeness (QED) is 0.627. The molecule has 6 nitrogen and oxygen atoms in total. The molecule has 3 aromatic rings. The van der Waals surface area contributed by atoms with Crippen molar-refractivity contribution in [3.63, 3.8) is 0 Å². The first kappa shape index (κ1) is 16.5. The molecular formula is C19H13BrN4O2S. The molecular weight excluding hydrogens is 428 g/mol. The number of anilines is 2. The molecule has 5 rings (SSSR count). The number of carbonyl (C=O) groups excluding carboxylic acids is 1. The highest BCUT2D eigenvalue weighted by molar-refractivity contribution is 9.10. The number of nitrogens with zero attached hydrogens (tertiary/aromatic N) is 3. The van der Waals surface area contributed by atoms with Crippen molar-refractivity contribution in [2.24, 2.45) is 4.99 Å². The Morgan fingerprint density at radius 2 is 1.85 bits per heavy atom. The molecule has 3 heterocycles. The number of carbonyl (C=O) groups is 1. The zero-order valence-corrected chi connectivity index (χ0v) is 16.4. The number of aromatic nitrogens is 1. The molecule has 0 unspecified atom stereocenters. The minimum atomic E-state index is -0.239. The second-order valence-corrected chi connectivity index (χ2v) is 8.17. The maximum Gasteiger partial charge on any atom is 0.272 e. The van der Waals surface area contributed by atoms with Gasteiger partial charge in [0, 0.05) is 21.4 Å². The van der Waals surface area contributed by atoms with E-state index in [-0.39, 0.29) is 11.5 Å². The second-order valence-electron chi connectivity index (χ2n) is 6.28. The lowest BCUT2D eigenvalue weighted by atomic mass is 10.1. The summed E-state index contributed by atoms with van der Waals surface area (Å²) in [7, 11) is 0. The van der Waals surface area contributed by atoms with Gasteiger partial charge in [-0.15, -0.1) is 0 Å². The number of rotatable bonds is 1. The van der Waals surface area contributed by atoms with Crippen molar-refractivity contribution in [2.75, 3.05) is 16.9 Å². The van der Waals surface area contributed by atoms with Crippen LogP contribution in [-0.2, 0) is 11.5 Å². The number of fused-ring (bicyclic) bond motifs is 2. The fourth-order valence-electron chi connectivity index (χ4n) is 3.32. The Morgan fingerprint density at radius 1 is 1.07 bits per heavy atom. The summed E-state index contributed by atoms with van der Waals surface area (Å²) in [6.07, 6.45) is 0. The van der Waals surface area contributed by atoms with Crippen molar-refractivity contribution in [1.29, 1.82) is 0 Å². The van der Waals surface area contributed by atoms with E-state index in [2.05, 4.69) is 26.2 Å².